The Kier molecular flexibility index (Phi) is 7.33. The summed E-state index contributed by atoms with van der Waals surface area (Å²) < 4.78 is 19.2. The van der Waals surface area contributed by atoms with E-state index in [0.29, 0.717) is 17.7 Å². The van der Waals surface area contributed by atoms with Crippen LogP contribution >= 0.6 is 11.6 Å². The molecule has 2 aromatic rings. The van der Waals surface area contributed by atoms with Gasteiger partial charge in [-0.3, -0.25) is 9.59 Å². The summed E-state index contributed by atoms with van der Waals surface area (Å²) in [5.41, 5.74) is 1.62. The highest BCUT2D eigenvalue weighted by molar-refractivity contribution is 6.30. The van der Waals surface area contributed by atoms with Gasteiger partial charge in [0.05, 0.1) is 30.2 Å². The summed E-state index contributed by atoms with van der Waals surface area (Å²) in [7, 11) is 0. The van der Waals surface area contributed by atoms with E-state index in [1.807, 2.05) is 13.8 Å². The monoisotopic (exact) mass is 393 g/mol. The molecule has 0 aliphatic heterocycles. The highest BCUT2D eigenvalue weighted by Crippen LogP contribution is 2.23. The van der Waals surface area contributed by atoms with Crippen LogP contribution in [-0.4, -0.2) is 23.1 Å². The third kappa shape index (κ3) is 6.34. The van der Waals surface area contributed by atoms with Gasteiger partial charge in [-0.25, -0.2) is 4.39 Å². The summed E-state index contributed by atoms with van der Waals surface area (Å²) in [5.74, 6) is -2.24. The number of benzene rings is 2. The molecule has 2 N–H and O–H groups in total. The SMILES string of the molecule is CC(C)OCc1ccc(C(=O)NC(CC(=O)O)c2ccc(Cl)c(F)c2)cc1. The number of carbonyl (C=O) groups is 2. The van der Waals surface area contributed by atoms with E-state index < -0.39 is 23.7 Å². The van der Waals surface area contributed by atoms with E-state index in [2.05, 4.69) is 5.32 Å². The van der Waals surface area contributed by atoms with Gasteiger partial charge in [-0.05, 0) is 49.2 Å². The Labute approximate surface area is 162 Å². The number of aliphatic carboxylic acids is 1. The molecule has 1 atom stereocenters. The molecular formula is C20H21ClFNO4. The minimum absolute atomic E-state index is 0.0710. The first kappa shape index (κ1) is 20.9. The van der Waals surface area contributed by atoms with Gasteiger partial charge in [0.1, 0.15) is 5.82 Å². The smallest absolute Gasteiger partial charge is 0.305 e. The maximum atomic E-state index is 13.7. The van der Waals surface area contributed by atoms with Gasteiger partial charge in [-0.2, -0.15) is 0 Å². The minimum atomic E-state index is -1.11. The second kappa shape index (κ2) is 9.48. The molecule has 0 bridgehead atoms. The Bertz CT molecular complexity index is 808. The summed E-state index contributed by atoms with van der Waals surface area (Å²) in [6.07, 6.45) is -0.280. The van der Waals surface area contributed by atoms with Crippen molar-refractivity contribution in [3.8, 4) is 0 Å². The average Bonchev–Trinajstić information content (AvgIpc) is 2.61. The van der Waals surface area contributed by atoms with Gasteiger partial charge in [-0.15, -0.1) is 0 Å². The highest BCUT2D eigenvalue weighted by atomic mass is 35.5. The lowest BCUT2D eigenvalue weighted by atomic mass is 10.0. The van der Waals surface area contributed by atoms with Gasteiger partial charge in [-0.1, -0.05) is 29.8 Å². The van der Waals surface area contributed by atoms with Crippen molar-refractivity contribution in [2.24, 2.45) is 0 Å². The highest BCUT2D eigenvalue weighted by Gasteiger charge is 2.20. The molecule has 1 amide bonds. The van der Waals surface area contributed by atoms with E-state index >= 15 is 0 Å². The molecular weight excluding hydrogens is 373 g/mol. The summed E-state index contributed by atoms with van der Waals surface area (Å²) in [6.45, 7) is 4.30. The Hall–Kier alpha value is -2.44. The fourth-order valence-corrected chi connectivity index (χ4v) is 2.53. The molecule has 0 heterocycles. The third-order valence-corrected chi connectivity index (χ3v) is 4.14. The first-order chi connectivity index (χ1) is 12.8. The summed E-state index contributed by atoms with van der Waals surface area (Å²) >= 11 is 5.66. The maximum absolute atomic E-state index is 13.7. The predicted molar refractivity (Wildman–Crippen MR) is 100 cm³/mol. The topological polar surface area (TPSA) is 75.6 Å². The lowest BCUT2D eigenvalue weighted by Gasteiger charge is -2.18. The van der Waals surface area contributed by atoms with Crippen molar-refractivity contribution in [2.75, 3.05) is 0 Å². The number of hydrogen-bond acceptors (Lipinski definition) is 3. The molecule has 0 saturated carbocycles. The Morgan fingerprint density at radius 1 is 1.19 bits per heavy atom. The molecule has 144 valence electrons. The number of amides is 1. The molecule has 0 radical (unpaired) electrons. The van der Waals surface area contributed by atoms with Crippen LogP contribution in [0.25, 0.3) is 0 Å². The fourth-order valence-electron chi connectivity index (χ4n) is 2.41. The molecule has 0 saturated heterocycles. The van der Waals surface area contributed by atoms with Gasteiger partial charge < -0.3 is 15.2 Å². The van der Waals surface area contributed by atoms with Crippen LogP contribution in [0.4, 0.5) is 4.39 Å². The second-order valence-electron chi connectivity index (χ2n) is 6.35. The predicted octanol–water partition coefficient (Wildman–Crippen LogP) is 4.35. The van der Waals surface area contributed by atoms with Gasteiger partial charge in [0.2, 0.25) is 0 Å². The first-order valence-corrected chi connectivity index (χ1v) is 8.82. The number of ether oxygens (including phenoxy) is 1. The van der Waals surface area contributed by atoms with Crippen LogP contribution in [0.1, 0.15) is 47.8 Å². The zero-order valence-electron chi connectivity index (χ0n) is 15.0. The standard InChI is InChI=1S/C20H21ClFNO4/c1-12(2)27-11-13-3-5-14(6-4-13)20(26)23-18(10-19(24)25)15-7-8-16(21)17(22)9-15/h3-9,12,18H,10-11H2,1-2H3,(H,23,26)(H,24,25). The molecule has 0 spiro atoms. The Morgan fingerprint density at radius 3 is 2.41 bits per heavy atom. The Morgan fingerprint density at radius 2 is 1.85 bits per heavy atom. The molecule has 0 aromatic heterocycles. The van der Waals surface area contributed by atoms with Crippen LogP contribution in [0.2, 0.25) is 5.02 Å². The van der Waals surface area contributed by atoms with Crippen molar-refractivity contribution >= 4 is 23.5 Å². The molecule has 0 fully saturated rings. The van der Waals surface area contributed by atoms with E-state index in [4.69, 9.17) is 21.4 Å². The molecule has 7 heteroatoms. The maximum Gasteiger partial charge on any atom is 0.305 e. The number of carbonyl (C=O) groups excluding carboxylic acids is 1. The van der Waals surface area contributed by atoms with Gasteiger partial charge in [0.15, 0.2) is 0 Å². The largest absolute Gasteiger partial charge is 0.481 e. The quantitative estimate of drug-likeness (QED) is 0.699. The molecule has 27 heavy (non-hydrogen) atoms. The van der Waals surface area contributed by atoms with Crippen molar-refractivity contribution < 1.29 is 23.8 Å². The first-order valence-electron chi connectivity index (χ1n) is 8.44. The van der Waals surface area contributed by atoms with Crippen LogP contribution in [0.3, 0.4) is 0 Å². The summed E-state index contributed by atoms with van der Waals surface area (Å²) in [5, 5.41) is 11.7. The van der Waals surface area contributed by atoms with Crippen molar-refractivity contribution in [3.05, 3.63) is 70.0 Å². The number of carboxylic acid groups (broad SMARTS) is 1. The average molecular weight is 394 g/mol. The molecule has 2 aromatic carbocycles. The zero-order valence-corrected chi connectivity index (χ0v) is 15.8. The van der Waals surface area contributed by atoms with Gasteiger partial charge in [0, 0.05) is 5.56 Å². The molecule has 2 rings (SSSR count). The Balaban J connectivity index is 2.13. The zero-order chi connectivity index (χ0) is 20.0. The second-order valence-corrected chi connectivity index (χ2v) is 6.76. The number of carboxylic acids is 1. The van der Waals surface area contributed by atoms with Crippen molar-refractivity contribution in [1.82, 2.24) is 5.32 Å². The number of halogens is 2. The molecule has 5 nitrogen and oxygen atoms in total. The lowest BCUT2D eigenvalue weighted by Crippen LogP contribution is -2.30. The lowest BCUT2D eigenvalue weighted by molar-refractivity contribution is -0.137. The van der Waals surface area contributed by atoms with Crippen LogP contribution < -0.4 is 5.32 Å². The third-order valence-electron chi connectivity index (χ3n) is 3.83. The van der Waals surface area contributed by atoms with Gasteiger partial charge in [0.25, 0.3) is 5.91 Å². The molecule has 0 aliphatic carbocycles. The number of nitrogens with one attached hydrogen (secondary N) is 1. The number of rotatable bonds is 8. The molecule has 0 aliphatic rings. The van der Waals surface area contributed by atoms with E-state index in [-0.39, 0.29) is 17.5 Å². The van der Waals surface area contributed by atoms with Crippen molar-refractivity contribution in [1.29, 1.82) is 0 Å². The van der Waals surface area contributed by atoms with Gasteiger partial charge >= 0.3 is 5.97 Å². The van der Waals surface area contributed by atoms with E-state index in [1.165, 1.54) is 12.1 Å². The summed E-state index contributed by atoms with van der Waals surface area (Å²) in [6, 6.07) is 9.87. The van der Waals surface area contributed by atoms with E-state index in [9.17, 15) is 14.0 Å². The van der Waals surface area contributed by atoms with E-state index in [1.54, 1.807) is 24.3 Å². The normalized spacial score (nSPS) is 12.0. The molecule has 1 unspecified atom stereocenters. The fraction of sp³-hybridized carbons (Fsp3) is 0.300. The van der Waals surface area contributed by atoms with Crippen LogP contribution in [0, 0.1) is 5.82 Å². The van der Waals surface area contributed by atoms with Crippen molar-refractivity contribution in [2.45, 2.75) is 39.0 Å². The van der Waals surface area contributed by atoms with Crippen LogP contribution in [-0.2, 0) is 16.1 Å². The van der Waals surface area contributed by atoms with E-state index in [0.717, 1.165) is 11.6 Å². The summed E-state index contributed by atoms with van der Waals surface area (Å²) in [4.78, 5) is 23.6. The van der Waals surface area contributed by atoms with Crippen molar-refractivity contribution in [3.63, 3.8) is 0 Å². The van der Waals surface area contributed by atoms with Crippen LogP contribution in [0.5, 0.6) is 0 Å². The van der Waals surface area contributed by atoms with Crippen LogP contribution in [0.15, 0.2) is 42.5 Å². The number of hydrogen-bond donors (Lipinski definition) is 2. The minimum Gasteiger partial charge on any atom is -0.481 e.